The summed E-state index contributed by atoms with van der Waals surface area (Å²) in [5.74, 6) is 0.981. The summed E-state index contributed by atoms with van der Waals surface area (Å²) in [5.41, 5.74) is 1.73. The van der Waals surface area contributed by atoms with Gasteiger partial charge in [0.2, 0.25) is 0 Å². The van der Waals surface area contributed by atoms with Crippen LogP contribution in [0.2, 0.25) is 0 Å². The van der Waals surface area contributed by atoms with E-state index in [0.29, 0.717) is 5.41 Å². The molecule has 0 fully saturated rings. The van der Waals surface area contributed by atoms with Crippen LogP contribution in [0.3, 0.4) is 0 Å². The number of benzene rings is 1. The molecule has 0 aliphatic rings. The molecule has 1 heteroatoms. The second-order valence-corrected chi connectivity index (χ2v) is 5.23. The van der Waals surface area contributed by atoms with Gasteiger partial charge < -0.3 is 4.74 Å². The second-order valence-electron chi connectivity index (χ2n) is 5.23. The van der Waals surface area contributed by atoms with Crippen molar-refractivity contribution in [3.63, 3.8) is 0 Å². The summed E-state index contributed by atoms with van der Waals surface area (Å²) in [5, 5.41) is 0. The predicted molar refractivity (Wildman–Crippen MR) is 65.4 cm³/mol. The summed E-state index contributed by atoms with van der Waals surface area (Å²) in [6.07, 6.45) is 2.17. The van der Waals surface area contributed by atoms with Crippen LogP contribution in [0.15, 0.2) is 24.3 Å². The van der Waals surface area contributed by atoms with Crippen molar-refractivity contribution in [1.82, 2.24) is 0 Å². The van der Waals surface area contributed by atoms with Crippen molar-refractivity contribution in [1.29, 1.82) is 0 Å². The Hall–Kier alpha value is -0.980. The van der Waals surface area contributed by atoms with Gasteiger partial charge in [-0.3, -0.25) is 0 Å². The lowest BCUT2D eigenvalue weighted by Gasteiger charge is -2.18. The van der Waals surface area contributed by atoms with Gasteiger partial charge in [-0.1, -0.05) is 39.8 Å². The Balaban J connectivity index is 2.56. The minimum absolute atomic E-state index is 0.353. The van der Waals surface area contributed by atoms with Crippen LogP contribution in [-0.2, 0) is 6.42 Å². The number of rotatable bonds is 4. The van der Waals surface area contributed by atoms with Crippen molar-refractivity contribution in [2.45, 2.75) is 40.5 Å². The van der Waals surface area contributed by atoms with Crippen LogP contribution in [0, 0.1) is 5.41 Å². The third-order valence-electron chi connectivity index (χ3n) is 2.13. The fourth-order valence-corrected chi connectivity index (χ4v) is 1.54. The van der Waals surface area contributed by atoms with E-state index in [9.17, 15) is 0 Å². The van der Waals surface area contributed by atoms with Gasteiger partial charge in [-0.2, -0.15) is 0 Å². The molecule has 1 nitrogen and oxygen atoms in total. The van der Waals surface area contributed by atoms with Crippen LogP contribution in [-0.4, -0.2) is 6.61 Å². The van der Waals surface area contributed by atoms with Gasteiger partial charge in [0, 0.05) is 0 Å². The Labute approximate surface area is 93.5 Å². The highest BCUT2D eigenvalue weighted by atomic mass is 16.5. The van der Waals surface area contributed by atoms with Gasteiger partial charge in [0.05, 0.1) is 6.61 Å². The maximum Gasteiger partial charge on any atom is 0.119 e. The molecule has 15 heavy (non-hydrogen) atoms. The van der Waals surface area contributed by atoms with E-state index in [1.54, 1.807) is 0 Å². The molecule has 1 rings (SSSR count). The van der Waals surface area contributed by atoms with E-state index in [-0.39, 0.29) is 0 Å². The number of hydrogen-bond acceptors (Lipinski definition) is 1. The van der Waals surface area contributed by atoms with Crippen LogP contribution >= 0.6 is 0 Å². The first-order chi connectivity index (χ1) is 7.01. The summed E-state index contributed by atoms with van der Waals surface area (Å²) in [6, 6.07) is 8.46. The Bertz CT molecular complexity index is 279. The van der Waals surface area contributed by atoms with Gasteiger partial charge >= 0.3 is 0 Å². The lowest BCUT2D eigenvalue weighted by Crippen LogP contribution is -2.08. The van der Waals surface area contributed by atoms with Crippen LogP contribution in [0.5, 0.6) is 5.75 Å². The molecule has 0 bridgehead atoms. The minimum Gasteiger partial charge on any atom is -0.494 e. The first-order valence-electron chi connectivity index (χ1n) is 5.73. The summed E-state index contributed by atoms with van der Waals surface area (Å²) >= 11 is 0. The van der Waals surface area contributed by atoms with Crippen LogP contribution in [0.25, 0.3) is 0 Å². The molecular weight excluding hydrogens is 184 g/mol. The largest absolute Gasteiger partial charge is 0.494 e. The Morgan fingerprint density at radius 3 is 2.13 bits per heavy atom. The van der Waals surface area contributed by atoms with E-state index in [4.69, 9.17) is 4.74 Å². The quantitative estimate of drug-likeness (QED) is 0.721. The molecule has 0 spiro atoms. The van der Waals surface area contributed by atoms with E-state index < -0.39 is 0 Å². The van der Waals surface area contributed by atoms with E-state index in [0.717, 1.165) is 25.2 Å². The fraction of sp³-hybridized carbons (Fsp3) is 0.571. The molecule has 0 atom stereocenters. The molecule has 0 unspecified atom stereocenters. The van der Waals surface area contributed by atoms with Crippen molar-refractivity contribution >= 4 is 0 Å². The summed E-state index contributed by atoms with van der Waals surface area (Å²) in [7, 11) is 0. The monoisotopic (exact) mass is 206 g/mol. The van der Waals surface area contributed by atoms with E-state index in [1.165, 1.54) is 5.56 Å². The van der Waals surface area contributed by atoms with Crippen molar-refractivity contribution < 1.29 is 4.74 Å². The molecule has 0 N–H and O–H groups in total. The second kappa shape index (κ2) is 5.20. The maximum atomic E-state index is 5.54. The molecule has 1 aromatic carbocycles. The van der Waals surface area contributed by atoms with E-state index >= 15 is 0 Å². The van der Waals surface area contributed by atoms with Crippen molar-refractivity contribution in [2.75, 3.05) is 6.61 Å². The zero-order chi connectivity index (χ0) is 11.3. The standard InChI is InChI=1S/C14H22O/c1-5-10-15-13-8-6-12(7-9-13)11-14(2,3)4/h6-9H,5,10-11H2,1-4H3. The molecule has 0 saturated carbocycles. The SMILES string of the molecule is CCCOc1ccc(CC(C)(C)C)cc1. The molecule has 0 saturated heterocycles. The molecule has 0 amide bonds. The van der Waals surface area contributed by atoms with Gasteiger partial charge in [-0.05, 0) is 36.0 Å². The first kappa shape index (κ1) is 12.1. The lowest BCUT2D eigenvalue weighted by atomic mass is 9.88. The Morgan fingerprint density at radius 2 is 1.67 bits per heavy atom. The van der Waals surface area contributed by atoms with Crippen molar-refractivity contribution in [3.05, 3.63) is 29.8 Å². The normalized spacial score (nSPS) is 11.5. The van der Waals surface area contributed by atoms with Gasteiger partial charge in [-0.15, -0.1) is 0 Å². The molecule has 84 valence electrons. The van der Waals surface area contributed by atoms with Crippen LogP contribution in [0.1, 0.15) is 39.7 Å². The van der Waals surface area contributed by atoms with Crippen molar-refractivity contribution in [3.8, 4) is 5.75 Å². The van der Waals surface area contributed by atoms with Gasteiger partial charge in [0.25, 0.3) is 0 Å². The predicted octanol–water partition coefficient (Wildman–Crippen LogP) is 4.06. The van der Waals surface area contributed by atoms with Crippen molar-refractivity contribution in [2.24, 2.45) is 5.41 Å². The molecule has 0 aliphatic heterocycles. The molecule has 0 aromatic heterocycles. The summed E-state index contributed by atoms with van der Waals surface area (Å²) < 4.78 is 5.54. The van der Waals surface area contributed by atoms with Gasteiger partial charge in [0.1, 0.15) is 5.75 Å². The highest BCUT2D eigenvalue weighted by Gasteiger charge is 2.10. The highest BCUT2D eigenvalue weighted by molar-refractivity contribution is 5.27. The summed E-state index contributed by atoms with van der Waals surface area (Å²) in [4.78, 5) is 0. The van der Waals surface area contributed by atoms with Gasteiger partial charge in [0.15, 0.2) is 0 Å². The third-order valence-corrected chi connectivity index (χ3v) is 2.13. The minimum atomic E-state index is 0.353. The molecule has 1 aromatic rings. The third kappa shape index (κ3) is 4.87. The van der Waals surface area contributed by atoms with Crippen LogP contribution in [0.4, 0.5) is 0 Å². The molecule has 0 radical (unpaired) electrons. The Morgan fingerprint density at radius 1 is 1.07 bits per heavy atom. The van der Waals surface area contributed by atoms with Gasteiger partial charge in [-0.25, -0.2) is 0 Å². The smallest absolute Gasteiger partial charge is 0.119 e. The average molecular weight is 206 g/mol. The average Bonchev–Trinajstić information content (AvgIpc) is 2.14. The summed E-state index contributed by atoms with van der Waals surface area (Å²) in [6.45, 7) is 9.70. The molecular formula is C14H22O. The zero-order valence-corrected chi connectivity index (χ0v) is 10.3. The van der Waals surface area contributed by atoms with E-state index in [2.05, 4.69) is 52.0 Å². The molecule has 0 heterocycles. The maximum absolute atomic E-state index is 5.54. The highest BCUT2D eigenvalue weighted by Crippen LogP contribution is 2.22. The van der Waals surface area contributed by atoms with Crippen LogP contribution < -0.4 is 4.74 Å². The lowest BCUT2D eigenvalue weighted by molar-refractivity contribution is 0.317. The number of hydrogen-bond donors (Lipinski definition) is 0. The zero-order valence-electron chi connectivity index (χ0n) is 10.3. The Kier molecular flexibility index (Phi) is 4.19. The topological polar surface area (TPSA) is 9.23 Å². The molecule has 0 aliphatic carbocycles. The van der Waals surface area contributed by atoms with E-state index in [1.807, 2.05) is 0 Å². The fourth-order valence-electron chi connectivity index (χ4n) is 1.54. The first-order valence-corrected chi connectivity index (χ1v) is 5.73. The number of ether oxygens (including phenoxy) is 1.